The number of carboxylic acid groups (broad SMARTS) is 1. The van der Waals surface area contributed by atoms with Crippen molar-refractivity contribution in [3.8, 4) is 5.75 Å². The van der Waals surface area contributed by atoms with Crippen molar-refractivity contribution in [1.29, 1.82) is 0 Å². The van der Waals surface area contributed by atoms with E-state index in [-0.39, 0.29) is 17.9 Å². The fourth-order valence-corrected chi connectivity index (χ4v) is 4.09. The van der Waals surface area contributed by atoms with Crippen LogP contribution in [0.2, 0.25) is 0 Å². The van der Waals surface area contributed by atoms with E-state index >= 15 is 0 Å². The van der Waals surface area contributed by atoms with E-state index in [9.17, 15) is 14.4 Å². The summed E-state index contributed by atoms with van der Waals surface area (Å²) in [4.78, 5) is 37.9. The molecule has 8 heteroatoms. The third kappa shape index (κ3) is 5.01. The van der Waals surface area contributed by atoms with Crippen molar-refractivity contribution in [2.75, 3.05) is 13.2 Å². The van der Waals surface area contributed by atoms with Gasteiger partial charge in [-0.25, -0.2) is 9.59 Å². The van der Waals surface area contributed by atoms with Crippen LogP contribution in [-0.2, 0) is 22.6 Å². The minimum absolute atomic E-state index is 0.105. The number of nitrogens with two attached hydrogens (primary N) is 1. The van der Waals surface area contributed by atoms with Crippen LogP contribution in [0.1, 0.15) is 38.7 Å². The number of hydrogen-bond donors (Lipinski definition) is 2. The van der Waals surface area contributed by atoms with Crippen LogP contribution in [0.15, 0.2) is 72.8 Å². The van der Waals surface area contributed by atoms with Crippen molar-refractivity contribution in [1.82, 2.24) is 4.90 Å². The summed E-state index contributed by atoms with van der Waals surface area (Å²) in [5.41, 5.74) is 8.92. The van der Waals surface area contributed by atoms with Crippen LogP contribution in [0.5, 0.6) is 5.75 Å². The van der Waals surface area contributed by atoms with E-state index < -0.39 is 30.6 Å². The molecule has 0 fully saturated rings. The topological polar surface area (TPSA) is 119 Å². The number of amides is 2. The van der Waals surface area contributed by atoms with Crippen LogP contribution in [0.4, 0.5) is 4.79 Å². The molecule has 34 heavy (non-hydrogen) atoms. The predicted molar refractivity (Wildman–Crippen MR) is 123 cm³/mol. The number of carboxylic acids is 1. The Hall–Kier alpha value is -4.33. The minimum atomic E-state index is -1.15. The lowest BCUT2D eigenvalue weighted by molar-refractivity contribution is -0.139. The van der Waals surface area contributed by atoms with Crippen LogP contribution in [-0.4, -0.2) is 41.1 Å². The lowest BCUT2D eigenvalue weighted by Crippen LogP contribution is -2.41. The SMILES string of the molecule is NC(=O)c1ccc(OCC(=O)O)c(C2c3ccccc3CCN2C(=O)OCc2ccccc2)c1. The molecule has 3 aromatic rings. The molecule has 174 valence electrons. The largest absolute Gasteiger partial charge is 0.482 e. The molecule has 0 spiro atoms. The zero-order valence-electron chi connectivity index (χ0n) is 18.3. The van der Waals surface area contributed by atoms with E-state index in [0.717, 1.165) is 16.7 Å². The Morgan fingerprint density at radius 1 is 0.971 bits per heavy atom. The summed E-state index contributed by atoms with van der Waals surface area (Å²) < 4.78 is 11.1. The first-order chi connectivity index (χ1) is 16.4. The highest BCUT2D eigenvalue weighted by Crippen LogP contribution is 2.40. The van der Waals surface area contributed by atoms with E-state index in [2.05, 4.69) is 0 Å². The number of benzene rings is 3. The minimum Gasteiger partial charge on any atom is -0.482 e. The molecule has 0 radical (unpaired) electrons. The van der Waals surface area contributed by atoms with Crippen molar-refractivity contribution in [3.63, 3.8) is 0 Å². The maximum Gasteiger partial charge on any atom is 0.410 e. The molecule has 1 aliphatic rings. The number of carbonyl (C=O) groups is 3. The van der Waals surface area contributed by atoms with Gasteiger partial charge in [0, 0.05) is 17.7 Å². The number of fused-ring (bicyclic) bond motifs is 1. The summed E-state index contributed by atoms with van der Waals surface area (Å²) in [7, 11) is 0. The molecule has 1 aliphatic heterocycles. The van der Waals surface area contributed by atoms with Gasteiger partial charge in [0.05, 0.1) is 6.04 Å². The van der Waals surface area contributed by atoms with Crippen molar-refractivity contribution < 1.29 is 29.0 Å². The molecule has 8 nitrogen and oxygen atoms in total. The number of primary amides is 1. The van der Waals surface area contributed by atoms with Gasteiger partial charge >= 0.3 is 12.1 Å². The molecule has 2 amide bonds. The van der Waals surface area contributed by atoms with Gasteiger partial charge in [-0.15, -0.1) is 0 Å². The number of nitrogens with zero attached hydrogens (tertiary/aromatic N) is 1. The van der Waals surface area contributed by atoms with E-state index in [0.29, 0.717) is 18.5 Å². The first kappa shape index (κ1) is 22.8. The highest BCUT2D eigenvalue weighted by molar-refractivity contribution is 5.93. The molecule has 0 bridgehead atoms. The predicted octanol–water partition coefficient (Wildman–Crippen LogP) is 3.53. The summed E-state index contributed by atoms with van der Waals surface area (Å²) in [5, 5.41) is 9.11. The van der Waals surface area contributed by atoms with E-state index in [4.69, 9.17) is 20.3 Å². The average Bonchev–Trinajstić information content (AvgIpc) is 2.85. The number of ether oxygens (including phenoxy) is 2. The molecule has 1 heterocycles. The Balaban J connectivity index is 1.74. The first-order valence-electron chi connectivity index (χ1n) is 10.8. The van der Waals surface area contributed by atoms with Gasteiger partial charge in [0.1, 0.15) is 12.4 Å². The Bertz CT molecular complexity index is 1210. The number of aliphatic carboxylic acids is 1. The zero-order valence-corrected chi connectivity index (χ0v) is 18.3. The van der Waals surface area contributed by atoms with Crippen LogP contribution in [0, 0.1) is 0 Å². The van der Waals surface area contributed by atoms with E-state index in [1.54, 1.807) is 11.0 Å². The molecule has 0 aromatic heterocycles. The van der Waals surface area contributed by atoms with Crippen molar-refractivity contribution >= 4 is 18.0 Å². The number of carbonyl (C=O) groups excluding carboxylic acids is 2. The maximum absolute atomic E-state index is 13.2. The second kappa shape index (κ2) is 10.1. The van der Waals surface area contributed by atoms with Crippen LogP contribution < -0.4 is 10.5 Å². The van der Waals surface area contributed by atoms with Gasteiger partial charge in [0.2, 0.25) is 5.91 Å². The number of rotatable bonds is 7. The van der Waals surface area contributed by atoms with Crippen molar-refractivity contribution in [2.24, 2.45) is 5.73 Å². The lowest BCUT2D eigenvalue weighted by atomic mass is 9.87. The fourth-order valence-electron chi connectivity index (χ4n) is 4.09. The number of hydrogen-bond acceptors (Lipinski definition) is 5. The Morgan fingerprint density at radius 2 is 1.71 bits per heavy atom. The van der Waals surface area contributed by atoms with E-state index in [1.165, 1.54) is 12.1 Å². The molecular weight excluding hydrogens is 436 g/mol. The third-order valence-electron chi connectivity index (χ3n) is 5.66. The third-order valence-corrected chi connectivity index (χ3v) is 5.66. The van der Waals surface area contributed by atoms with E-state index in [1.807, 2.05) is 54.6 Å². The van der Waals surface area contributed by atoms with Gasteiger partial charge in [0.15, 0.2) is 6.61 Å². The van der Waals surface area contributed by atoms with Gasteiger partial charge in [0.25, 0.3) is 0 Å². The molecule has 1 atom stereocenters. The summed E-state index contributed by atoms with van der Waals surface area (Å²) >= 11 is 0. The van der Waals surface area contributed by atoms with Crippen LogP contribution in [0.25, 0.3) is 0 Å². The molecule has 0 saturated carbocycles. The van der Waals surface area contributed by atoms with Gasteiger partial charge in [-0.05, 0) is 41.3 Å². The molecular formula is C26H24N2O6. The summed E-state index contributed by atoms with van der Waals surface area (Å²) in [5.74, 6) is -1.55. The average molecular weight is 460 g/mol. The van der Waals surface area contributed by atoms with Gasteiger partial charge in [-0.1, -0.05) is 54.6 Å². The van der Waals surface area contributed by atoms with Gasteiger partial charge in [-0.3, -0.25) is 9.69 Å². The van der Waals surface area contributed by atoms with Gasteiger partial charge < -0.3 is 20.3 Å². The molecule has 0 saturated heterocycles. The molecule has 0 aliphatic carbocycles. The van der Waals surface area contributed by atoms with Crippen LogP contribution >= 0.6 is 0 Å². The molecule has 3 N–H and O–H groups in total. The quantitative estimate of drug-likeness (QED) is 0.557. The molecule has 1 unspecified atom stereocenters. The molecule has 4 rings (SSSR count). The van der Waals surface area contributed by atoms with Crippen molar-refractivity contribution in [3.05, 3.63) is 101 Å². The lowest BCUT2D eigenvalue weighted by Gasteiger charge is -2.37. The Labute approximate surface area is 196 Å². The summed E-state index contributed by atoms with van der Waals surface area (Å²) in [6.07, 6.45) is 0.0884. The van der Waals surface area contributed by atoms with Crippen LogP contribution in [0.3, 0.4) is 0 Å². The maximum atomic E-state index is 13.2. The Morgan fingerprint density at radius 3 is 2.44 bits per heavy atom. The second-order valence-electron chi connectivity index (χ2n) is 7.88. The monoisotopic (exact) mass is 460 g/mol. The summed E-state index contributed by atoms with van der Waals surface area (Å²) in [6, 6.07) is 20.9. The smallest absolute Gasteiger partial charge is 0.410 e. The van der Waals surface area contributed by atoms with Crippen molar-refractivity contribution in [2.45, 2.75) is 19.1 Å². The highest BCUT2D eigenvalue weighted by Gasteiger charge is 2.35. The second-order valence-corrected chi connectivity index (χ2v) is 7.88. The standard InChI is InChI=1S/C26H24N2O6/c27-25(31)19-10-11-22(33-16-23(29)30)21(14-19)24-20-9-5-4-8-18(20)12-13-28(24)26(32)34-15-17-6-2-1-3-7-17/h1-11,14,24H,12-13,15-16H2,(H2,27,31)(H,29,30). The first-order valence-corrected chi connectivity index (χ1v) is 10.8. The Kier molecular flexibility index (Phi) is 6.77. The highest BCUT2D eigenvalue weighted by atomic mass is 16.6. The fraction of sp³-hybridized carbons (Fsp3) is 0.192. The molecule has 3 aromatic carbocycles. The normalized spacial score (nSPS) is 14.7. The van der Waals surface area contributed by atoms with Gasteiger partial charge in [-0.2, -0.15) is 0 Å². The summed E-state index contributed by atoms with van der Waals surface area (Å²) in [6.45, 7) is -0.0988. The zero-order chi connectivity index (χ0) is 24.1.